The van der Waals surface area contributed by atoms with Crippen molar-refractivity contribution in [1.82, 2.24) is 0 Å². The summed E-state index contributed by atoms with van der Waals surface area (Å²) in [4.78, 5) is 12.3. The molecule has 1 fully saturated rings. The molecule has 9 nitrogen and oxygen atoms in total. The molecule has 0 amide bonds. The highest BCUT2D eigenvalue weighted by atomic mass is 16.5. The Morgan fingerprint density at radius 3 is 1.95 bits per heavy atom. The number of esters is 1. The monoisotopic (exact) mass is 606 g/mol. The lowest BCUT2D eigenvalue weighted by Gasteiger charge is -2.39. The maximum atomic E-state index is 12.3. The molecule has 1 unspecified atom stereocenters. The van der Waals surface area contributed by atoms with Crippen molar-refractivity contribution in [2.45, 2.75) is 32.0 Å². The average molecular weight is 607 g/mol. The van der Waals surface area contributed by atoms with E-state index in [4.69, 9.17) is 37.9 Å². The van der Waals surface area contributed by atoms with E-state index in [0.717, 1.165) is 23.1 Å². The molecule has 3 aromatic carbocycles. The quantitative estimate of drug-likeness (QED) is 0.194. The molecule has 0 aliphatic carbocycles. The zero-order chi connectivity index (χ0) is 31.6. The molecule has 0 spiro atoms. The lowest BCUT2D eigenvalue weighted by Crippen LogP contribution is -2.33. The number of hydrogen-bond acceptors (Lipinski definition) is 9. The van der Waals surface area contributed by atoms with Gasteiger partial charge in [0.1, 0.15) is 6.10 Å². The molecule has 1 saturated heterocycles. The van der Waals surface area contributed by atoms with Crippen molar-refractivity contribution in [2.75, 3.05) is 49.3 Å². The SMILES string of the molecule is COc1ccc(/C=C\C[C@@H]2C[C@H](C(OC(C)=O)c3ccc(OC)c(OC)c3)CO[C@H]2c2ccc(OC)c(OC)c2)cc1OC. The van der Waals surface area contributed by atoms with Crippen LogP contribution in [0.2, 0.25) is 0 Å². The van der Waals surface area contributed by atoms with Crippen LogP contribution in [-0.4, -0.2) is 55.2 Å². The van der Waals surface area contributed by atoms with E-state index in [1.807, 2.05) is 54.6 Å². The fourth-order valence-electron chi connectivity index (χ4n) is 5.75. The van der Waals surface area contributed by atoms with Crippen LogP contribution in [-0.2, 0) is 14.3 Å². The van der Waals surface area contributed by atoms with Crippen molar-refractivity contribution in [1.29, 1.82) is 0 Å². The molecule has 1 aliphatic rings. The van der Waals surface area contributed by atoms with Gasteiger partial charge in [0.25, 0.3) is 0 Å². The lowest BCUT2D eigenvalue weighted by molar-refractivity contribution is -0.157. The number of rotatable bonds is 13. The van der Waals surface area contributed by atoms with Crippen LogP contribution in [0.3, 0.4) is 0 Å². The normalized spacial score (nSPS) is 18.8. The fourth-order valence-corrected chi connectivity index (χ4v) is 5.75. The van der Waals surface area contributed by atoms with E-state index in [9.17, 15) is 4.79 Å². The largest absolute Gasteiger partial charge is 0.493 e. The van der Waals surface area contributed by atoms with E-state index in [1.54, 1.807) is 42.7 Å². The Morgan fingerprint density at radius 2 is 1.34 bits per heavy atom. The minimum Gasteiger partial charge on any atom is -0.493 e. The zero-order valence-electron chi connectivity index (χ0n) is 26.5. The first kappa shape index (κ1) is 32.5. The first-order chi connectivity index (χ1) is 21.3. The van der Waals surface area contributed by atoms with Crippen molar-refractivity contribution in [3.8, 4) is 34.5 Å². The Kier molecular flexibility index (Phi) is 11.4. The molecule has 44 heavy (non-hydrogen) atoms. The molecular formula is C35H42O9. The molecule has 0 N–H and O–H groups in total. The van der Waals surface area contributed by atoms with Crippen molar-refractivity contribution in [3.63, 3.8) is 0 Å². The standard InChI is InChI=1S/C35H42O9/c1-22(36)44-35(26-13-16-30(39-4)33(20-26)42-7)27-18-24(10-8-9-23-11-14-28(37-2)31(17-23)40-5)34(43-21-27)25-12-15-29(38-3)32(19-25)41-6/h8-9,11-17,19-20,24,27,34-35H,10,18,21H2,1-7H3/b9-8-/t24-,27+,34-,35?/m1/s1. The summed E-state index contributed by atoms with van der Waals surface area (Å²) >= 11 is 0. The van der Waals surface area contributed by atoms with Gasteiger partial charge in [-0.2, -0.15) is 0 Å². The third-order valence-corrected chi connectivity index (χ3v) is 7.87. The predicted molar refractivity (Wildman–Crippen MR) is 167 cm³/mol. The van der Waals surface area contributed by atoms with Gasteiger partial charge in [-0.15, -0.1) is 0 Å². The average Bonchev–Trinajstić information content (AvgIpc) is 3.06. The van der Waals surface area contributed by atoms with Gasteiger partial charge < -0.3 is 37.9 Å². The summed E-state index contributed by atoms with van der Waals surface area (Å²) in [6, 6.07) is 17.3. The first-order valence-electron chi connectivity index (χ1n) is 14.5. The van der Waals surface area contributed by atoms with Gasteiger partial charge in [0.2, 0.25) is 0 Å². The zero-order valence-corrected chi connectivity index (χ0v) is 26.5. The highest BCUT2D eigenvalue weighted by molar-refractivity contribution is 5.66. The minimum absolute atomic E-state index is 0.0569. The number of benzene rings is 3. The second kappa shape index (κ2) is 15.4. The maximum absolute atomic E-state index is 12.3. The van der Waals surface area contributed by atoms with Crippen molar-refractivity contribution in [3.05, 3.63) is 77.4 Å². The van der Waals surface area contributed by atoms with Crippen molar-refractivity contribution in [2.24, 2.45) is 11.8 Å². The molecule has 0 aromatic heterocycles. The molecule has 236 valence electrons. The molecule has 0 saturated carbocycles. The second-order valence-electron chi connectivity index (χ2n) is 10.5. The second-order valence-corrected chi connectivity index (χ2v) is 10.5. The fraction of sp³-hybridized carbons (Fsp3) is 0.400. The van der Waals surface area contributed by atoms with Crippen LogP contribution in [0, 0.1) is 11.8 Å². The van der Waals surface area contributed by atoms with E-state index in [1.165, 1.54) is 6.92 Å². The molecule has 0 bridgehead atoms. The minimum atomic E-state index is -0.531. The summed E-state index contributed by atoms with van der Waals surface area (Å²) in [6.07, 6.45) is 4.91. The third kappa shape index (κ3) is 7.58. The molecule has 4 rings (SSSR count). The van der Waals surface area contributed by atoms with Gasteiger partial charge in [0, 0.05) is 12.8 Å². The van der Waals surface area contributed by atoms with Gasteiger partial charge in [-0.05, 0) is 71.8 Å². The van der Waals surface area contributed by atoms with Crippen LogP contribution in [0.1, 0.15) is 48.7 Å². The Bertz CT molecular complexity index is 1430. The van der Waals surface area contributed by atoms with E-state index in [2.05, 4.69) is 12.2 Å². The molecule has 1 aliphatic heterocycles. The van der Waals surface area contributed by atoms with E-state index in [0.29, 0.717) is 47.5 Å². The highest BCUT2D eigenvalue weighted by Crippen LogP contribution is 2.46. The highest BCUT2D eigenvalue weighted by Gasteiger charge is 2.38. The Hall–Kier alpha value is -4.37. The van der Waals surface area contributed by atoms with Gasteiger partial charge in [0.05, 0.1) is 55.4 Å². The van der Waals surface area contributed by atoms with Crippen LogP contribution in [0.4, 0.5) is 0 Å². The summed E-state index contributed by atoms with van der Waals surface area (Å²) in [5, 5.41) is 0. The smallest absolute Gasteiger partial charge is 0.303 e. The number of hydrogen-bond donors (Lipinski definition) is 0. The predicted octanol–water partition coefficient (Wildman–Crippen LogP) is 6.84. The maximum Gasteiger partial charge on any atom is 0.303 e. The number of ether oxygens (including phenoxy) is 8. The number of carbonyl (C=O) groups excluding carboxylic acids is 1. The summed E-state index contributed by atoms with van der Waals surface area (Å²) in [5.41, 5.74) is 2.79. The summed E-state index contributed by atoms with van der Waals surface area (Å²) < 4.78 is 45.4. The topological polar surface area (TPSA) is 90.9 Å². The molecular weight excluding hydrogens is 564 g/mol. The van der Waals surface area contributed by atoms with E-state index in [-0.39, 0.29) is 23.9 Å². The van der Waals surface area contributed by atoms with Gasteiger partial charge >= 0.3 is 5.97 Å². The summed E-state index contributed by atoms with van der Waals surface area (Å²) in [7, 11) is 9.65. The van der Waals surface area contributed by atoms with Crippen LogP contribution < -0.4 is 28.4 Å². The van der Waals surface area contributed by atoms with Gasteiger partial charge in [-0.1, -0.05) is 30.4 Å². The van der Waals surface area contributed by atoms with Gasteiger partial charge in [-0.25, -0.2) is 0 Å². The lowest BCUT2D eigenvalue weighted by atomic mass is 9.79. The van der Waals surface area contributed by atoms with Crippen LogP contribution in [0.5, 0.6) is 34.5 Å². The Morgan fingerprint density at radius 1 is 0.773 bits per heavy atom. The van der Waals surface area contributed by atoms with E-state index >= 15 is 0 Å². The first-order valence-corrected chi connectivity index (χ1v) is 14.5. The van der Waals surface area contributed by atoms with Crippen LogP contribution >= 0.6 is 0 Å². The molecule has 4 atom stereocenters. The Labute approximate surface area is 259 Å². The molecule has 9 heteroatoms. The number of methoxy groups -OCH3 is 6. The van der Waals surface area contributed by atoms with E-state index < -0.39 is 6.10 Å². The molecule has 1 heterocycles. The van der Waals surface area contributed by atoms with Crippen LogP contribution in [0.15, 0.2) is 60.7 Å². The summed E-state index contributed by atoms with van der Waals surface area (Å²) in [6.45, 7) is 1.81. The Balaban J connectivity index is 1.66. The molecule has 0 radical (unpaired) electrons. The molecule has 3 aromatic rings. The van der Waals surface area contributed by atoms with Crippen molar-refractivity contribution < 1.29 is 42.7 Å². The van der Waals surface area contributed by atoms with Crippen molar-refractivity contribution >= 4 is 12.0 Å². The van der Waals surface area contributed by atoms with Crippen LogP contribution in [0.25, 0.3) is 6.08 Å². The summed E-state index contributed by atoms with van der Waals surface area (Å²) in [5.74, 6) is 3.38. The van der Waals surface area contributed by atoms with Gasteiger partial charge in [-0.3, -0.25) is 4.79 Å². The van der Waals surface area contributed by atoms with Gasteiger partial charge in [0.15, 0.2) is 34.5 Å². The number of carbonyl (C=O) groups is 1. The number of allylic oxidation sites excluding steroid dienone is 1. The third-order valence-electron chi connectivity index (χ3n) is 7.87.